The molecule has 30 heavy (non-hydrogen) atoms. The van der Waals surface area contributed by atoms with Gasteiger partial charge in [-0.3, -0.25) is 9.59 Å². The van der Waals surface area contributed by atoms with Crippen molar-refractivity contribution in [2.75, 3.05) is 26.1 Å². The topological polar surface area (TPSA) is 115 Å². The summed E-state index contributed by atoms with van der Waals surface area (Å²) in [4.78, 5) is 35.0. The second kappa shape index (κ2) is 11.8. The molecule has 0 heterocycles. The van der Waals surface area contributed by atoms with Crippen LogP contribution in [0.4, 0.5) is 5.69 Å². The summed E-state index contributed by atoms with van der Waals surface area (Å²) >= 11 is 0. The summed E-state index contributed by atoms with van der Waals surface area (Å²) < 4.78 is 14.9. The minimum Gasteiger partial charge on any atom is -0.495 e. The number of benzene rings is 2. The molecular formula is C21H23N3O6. The van der Waals surface area contributed by atoms with Gasteiger partial charge in [0, 0.05) is 12.8 Å². The molecule has 0 atom stereocenters. The van der Waals surface area contributed by atoms with E-state index >= 15 is 0 Å². The van der Waals surface area contributed by atoms with Crippen molar-refractivity contribution in [2.45, 2.75) is 12.8 Å². The third-order valence-corrected chi connectivity index (χ3v) is 3.81. The molecule has 0 aromatic heterocycles. The number of hydrazone groups is 1. The Kier molecular flexibility index (Phi) is 8.85. The molecule has 2 aromatic rings. The molecule has 0 spiro atoms. The number of nitrogens with zero attached hydrogens (tertiary/aromatic N) is 1. The van der Waals surface area contributed by atoms with E-state index in [2.05, 4.69) is 20.6 Å². The lowest BCUT2D eigenvalue weighted by molar-refractivity contribution is -0.142. The third-order valence-electron chi connectivity index (χ3n) is 3.81. The first-order chi connectivity index (χ1) is 14.5. The van der Waals surface area contributed by atoms with Gasteiger partial charge in [0.2, 0.25) is 11.8 Å². The molecule has 0 aliphatic carbocycles. The first-order valence-electron chi connectivity index (χ1n) is 9.06. The number of hydrogen-bond acceptors (Lipinski definition) is 7. The molecule has 158 valence electrons. The second-order valence-corrected chi connectivity index (χ2v) is 5.98. The summed E-state index contributed by atoms with van der Waals surface area (Å²) in [7, 11) is 2.79. The number of anilines is 1. The fourth-order valence-corrected chi connectivity index (χ4v) is 2.31. The van der Waals surface area contributed by atoms with E-state index in [1.165, 1.54) is 20.4 Å². The Morgan fingerprint density at radius 3 is 2.53 bits per heavy atom. The van der Waals surface area contributed by atoms with Crippen LogP contribution in [0.2, 0.25) is 0 Å². The van der Waals surface area contributed by atoms with Gasteiger partial charge in [0.25, 0.3) is 0 Å². The van der Waals surface area contributed by atoms with Gasteiger partial charge in [0.1, 0.15) is 11.5 Å². The zero-order chi connectivity index (χ0) is 21.8. The largest absolute Gasteiger partial charge is 0.495 e. The first-order valence-corrected chi connectivity index (χ1v) is 9.06. The van der Waals surface area contributed by atoms with Crippen LogP contribution in [-0.2, 0) is 19.1 Å². The van der Waals surface area contributed by atoms with Crippen LogP contribution in [0.3, 0.4) is 0 Å². The zero-order valence-electron chi connectivity index (χ0n) is 16.7. The number of amides is 2. The number of nitrogens with one attached hydrogen (secondary N) is 2. The number of ether oxygens (including phenoxy) is 3. The maximum atomic E-state index is 12.0. The zero-order valence-corrected chi connectivity index (χ0v) is 16.7. The predicted octanol–water partition coefficient (Wildman–Crippen LogP) is 2.12. The van der Waals surface area contributed by atoms with Gasteiger partial charge in [-0.15, -0.1) is 0 Å². The van der Waals surface area contributed by atoms with Crippen LogP contribution in [0, 0.1) is 0 Å². The monoisotopic (exact) mass is 413 g/mol. The highest BCUT2D eigenvalue weighted by molar-refractivity contribution is 5.94. The van der Waals surface area contributed by atoms with E-state index in [9.17, 15) is 14.4 Å². The number of hydrogen-bond donors (Lipinski definition) is 2. The highest BCUT2D eigenvalue weighted by atomic mass is 16.6. The van der Waals surface area contributed by atoms with Gasteiger partial charge in [-0.25, -0.2) is 10.2 Å². The Bertz CT molecular complexity index is 913. The molecule has 0 aliphatic rings. The molecule has 9 nitrogen and oxygen atoms in total. The molecule has 0 fully saturated rings. The standard InChI is InChI=1S/C21H23N3O6/c1-28-18-9-4-3-8-17(18)23-19(25)10-11-20(26)24-22-13-15-6-5-7-16(12-15)30-14-21(27)29-2/h3-9,12-13H,10-11,14H2,1-2H3,(H,23,25)(H,24,26). The molecule has 2 aromatic carbocycles. The highest BCUT2D eigenvalue weighted by Gasteiger charge is 2.09. The molecule has 0 unspecified atom stereocenters. The molecule has 2 N–H and O–H groups in total. The lowest BCUT2D eigenvalue weighted by Crippen LogP contribution is -2.20. The molecule has 0 saturated heterocycles. The molecule has 9 heteroatoms. The van der Waals surface area contributed by atoms with Gasteiger partial charge >= 0.3 is 5.97 Å². The number of para-hydroxylation sites is 2. The summed E-state index contributed by atoms with van der Waals surface area (Å²) in [5.74, 6) is -0.203. The van der Waals surface area contributed by atoms with Crippen molar-refractivity contribution in [3.8, 4) is 11.5 Å². The Balaban J connectivity index is 1.77. The Morgan fingerprint density at radius 1 is 1.00 bits per heavy atom. The normalized spacial score (nSPS) is 10.3. The fourth-order valence-electron chi connectivity index (χ4n) is 2.31. The van der Waals surface area contributed by atoms with Crippen LogP contribution < -0.4 is 20.2 Å². The van der Waals surface area contributed by atoms with E-state index in [0.29, 0.717) is 22.7 Å². The minimum absolute atomic E-state index is 0.00372. The highest BCUT2D eigenvalue weighted by Crippen LogP contribution is 2.23. The van der Waals surface area contributed by atoms with E-state index in [-0.39, 0.29) is 25.4 Å². The van der Waals surface area contributed by atoms with Gasteiger partial charge in [0.05, 0.1) is 26.1 Å². The Labute approximate surface area is 174 Å². The molecule has 0 bridgehead atoms. The molecule has 2 amide bonds. The van der Waals surface area contributed by atoms with E-state index in [1.54, 1.807) is 48.5 Å². The van der Waals surface area contributed by atoms with Crippen molar-refractivity contribution in [1.29, 1.82) is 0 Å². The number of esters is 1. The smallest absolute Gasteiger partial charge is 0.343 e. The van der Waals surface area contributed by atoms with Gasteiger partial charge < -0.3 is 19.5 Å². The molecular weight excluding hydrogens is 390 g/mol. The quantitative estimate of drug-likeness (QED) is 0.350. The predicted molar refractivity (Wildman–Crippen MR) is 111 cm³/mol. The lowest BCUT2D eigenvalue weighted by atomic mass is 10.2. The van der Waals surface area contributed by atoms with Gasteiger partial charge in [-0.05, 0) is 29.8 Å². The lowest BCUT2D eigenvalue weighted by Gasteiger charge is -2.09. The van der Waals surface area contributed by atoms with E-state index in [4.69, 9.17) is 9.47 Å². The summed E-state index contributed by atoms with van der Waals surface area (Å²) in [6.07, 6.45) is 1.40. The summed E-state index contributed by atoms with van der Waals surface area (Å²) in [5.41, 5.74) is 3.56. The number of carbonyl (C=O) groups excluding carboxylic acids is 3. The van der Waals surface area contributed by atoms with Crippen LogP contribution in [0.25, 0.3) is 0 Å². The summed E-state index contributed by atoms with van der Waals surface area (Å²) in [5, 5.41) is 6.56. The fraction of sp³-hybridized carbons (Fsp3) is 0.238. The van der Waals surface area contributed by atoms with Crippen molar-refractivity contribution in [3.63, 3.8) is 0 Å². The van der Waals surface area contributed by atoms with Gasteiger partial charge in [-0.2, -0.15) is 5.10 Å². The van der Waals surface area contributed by atoms with Crippen molar-refractivity contribution in [2.24, 2.45) is 5.10 Å². The van der Waals surface area contributed by atoms with Gasteiger partial charge in [-0.1, -0.05) is 24.3 Å². The maximum Gasteiger partial charge on any atom is 0.343 e. The molecule has 2 rings (SSSR count). The van der Waals surface area contributed by atoms with Crippen molar-refractivity contribution in [1.82, 2.24) is 5.43 Å². The van der Waals surface area contributed by atoms with E-state index < -0.39 is 11.9 Å². The van der Waals surface area contributed by atoms with Crippen LogP contribution in [-0.4, -0.2) is 44.8 Å². The maximum absolute atomic E-state index is 12.0. The molecule has 0 saturated carbocycles. The number of rotatable bonds is 10. The van der Waals surface area contributed by atoms with E-state index in [0.717, 1.165) is 0 Å². The Hall–Kier alpha value is -3.88. The summed E-state index contributed by atoms with van der Waals surface area (Å²) in [6.45, 7) is -0.204. The Morgan fingerprint density at radius 2 is 1.77 bits per heavy atom. The summed E-state index contributed by atoms with van der Waals surface area (Å²) in [6, 6.07) is 13.8. The SMILES string of the molecule is COC(=O)COc1cccc(C=NNC(=O)CCC(=O)Nc2ccccc2OC)c1. The first kappa shape index (κ1) is 22.4. The number of methoxy groups -OCH3 is 2. The van der Waals surface area contributed by atoms with Crippen LogP contribution in [0.5, 0.6) is 11.5 Å². The minimum atomic E-state index is -0.490. The molecule has 0 radical (unpaired) electrons. The van der Waals surface area contributed by atoms with Crippen LogP contribution >= 0.6 is 0 Å². The average molecular weight is 413 g/mol. The average Bonchev–Trinajstić information content (AvgIpc) is 2.76. The molecule has 0 aliphatic heterocycles. The van der Waals surface area contributed by atoms with Crippen molar-refractivity contribution < 1.29 is 28.6 Å². The van der Waals surface area contributed by atoms with E-state index in [1.807, 2.05) is 0 Å². The van der Waals surface area contributed by atoms with Crippen LogP contribution in [0.15, 0.2) is 53.6 Å². The second-order valence-electron chi connectivity index (χ2n) is 5.98. The van der Waals surface area contributed by atoms with Gasteiger partial charge in [0.15, 0.2) is 6.61 Å². The van der Waals surface area contributed by atoms with Crippen molar-refractivity contribution in [3.05, 3.63) is 54.1 Å². The third kappa shape index (κ3) is 7.63. The van der Waals surface area contributed by atoms with Crippen LogP contribution in [0.1, 0.15) is 18.4 Å². The van der Waals surface area contributed by atoms with Crippen molar-refractivity contribution >= 4 is 29.7 Å². The number of carbonyl (C=O) groups is 3.